The number of sulfone groups is 1. The molecule has 0 aliphatic carbocycles. The van der Waals surface area contributed by atoms with Crippen molar-refractivity contribution in [2.75, 3.05) is 12.3 Å². The van der Waals surface area contributed by atoms with Crippen LogP contribution in [0.2, 0.25) is 0 Å². The summed E-state index contributed by atoms with van der Waals surface area (Å²) < 4.78 is 21.9. The van der Waals surface area contributed by atoms with E-state index in [1.165, 1.54) is 5.41 Å². The molecule has 1 heterocycles. The van der Waals surface area contributed by atoms with E-state index in [4.69, 9.17) is 0 Å². The summed E-state index contributed by atoms with van der Waals surface area (Å²) in [5.41, 5.74) is 0. The topological polar surface area (TPSA) is 46.2 Å². The van der Waals surface area contributed by atoms with Crippen LogP contribution in [0.25, 0.3) is 0 Å². The number of rotatable bonds is 4. The molecule has 12 heavy (non-hydrogen) atoms. The lowest BCUT2D eigenvalue weighted by Gasteiger charge is -2.07. The highest BCUT2D eigenvalue weighted by Crippen LogP contribution is 2.07. The summed E-state index contributed by atoms with van der Waals surface area (Å²) >= 11 is 0. The van der Waals surface area contributed by atoms with Gasteiger partial charge in [-0.2, -0.15) is 0 Å². The predicted molar refractivity (Wildman–Crippen MR) is 49.6 cm³/mol. The third kappa shape index (κ3) is 2.95. The molecular weight excluding hydrogens is 174 g/mol. The van der Waals surface area contributed by atoms with Gasteiger partial charge >= 0.3 is 0 Å². The Morgan fingerprint density at radius 1 is 1.58 bits per heavy atom. The molecule has 1 aliphatic rings. The smallest absolute Gasteiger partial charge is 0.173 e. The zero-order chi connectivity index (χ0) is 9.03. The largest absolute Gasteiger partial charge is 0.310 e. The van der Waals surface area contributed by atoms with Gasteiger partial charge in [-0.05, 0) is 13.0 Å². The molecule has 1 N–H and O–H groups in total. The van der Waals surface area contributed by atoms with Crippen molar-refractivity contribution in [3.63, 3.8) is 0 Å². The molecule has 0 aromatic heterocycles. The third-order valence-electron chi connectivity index (χ3n) is 1.87. The molecule has 0 saturated heterocycles. The summed E-state index contributed by atoms with van der Waals surface area (Å²) in [4.78, 5) is 0. The van der Waals surface area contributed by atoms with E-state index in [1.54, 1.807) is 6.08 Å². The van der Waals surface area contributed by atoms with Crippen LogP contribution in [-0.4, -0.2) is 26.8 Å². The fourth-order valence-corrected chi connectivity index (χ4v) is 2.44. The maximum atomic E-state index is 10.9. The van der Waals surface area contributed by atoms with Crippen molar-refractivity contribution in [1.29, 1.82) is 0 Å². The summed E-state index contributed by atoms with van der Waals surface area (Å²) in [6.07, 6.45) is 3.96. The van der Waals surface area contributed by atoms with Crippen LogP contribution in [0.15, 0.2) is 11.5 Å². The van der Waals surface area contributed by atoms with Crippen molar-refractivity contribution in [1.82, 2.24) is 5.32 Å². The number of nitrogens with one attached hydrogen (secondary N) is 1. The van der Waals surface area contributed by atoms with E-state index in [-0.39, 0.29) is 11.8 Å². The second kappa shape index (κ2) is 4.05. The lowest BCUT2D eigenvalue weighted by atomic mass is 10.3. The minimum absolute atomic E-state index is 0.0431. The highest BCUT2D eigenvalue weighted by Gasteiger charge is 2.20. The van der Waals surface area contributed by atoms with Crippen LogP contribution in [0.4, 0.5) is 0 Å². The van der Waals surface area contributed by atoms with Crippen LogP contribution in [-0.2, 0) is 9.84 Å². The monoisotopic (exact) mass is 189 g/mol. The quantitative estimate of drug-likeness (QED) is 0.662. The van der Waals surface area contributed by atoms with Crippen LogP contribution < -0.4 is 5.32 Å². The van der Waals surface area contributed by atoms with Gasteiger partial charge in [-0.3, -0.25) is 0 Å². The number of hydrogen-bond donors (Lipinski definition) is 1. The maximum absolute atomic E-state index is 10.9. The van der Waals surface area contributed by atoms with E-state index >= 15 is 0 Å². The molecule has 0 fully saturated rings. The van der Waals surface area contributed by atoms with Crippen LogP contribution in [0.5, 0.6) is 0 Å². The fourth-order valence-electron chi connectivity index (χ4n) is 1.17. The molecule has 0 radical (unpaired) electrons. The first kappa shape index (κ1) is 9.74. The van der Waals surface area contributed by atoms with Crippen molar-refractivity contribution in [3.05, 3.63) is 11.5 Å². The number of hydrogen-bond acceptors (Lipinski definition) is 3. The van der Waals surface area contributed by atoms with Crippen LogP contribution in [0.3, 0.4) is 0 Å². The average molecular weight is 189 g/mol. The normalized spacial score (nSPS) is 26.2. The molecule has 0 saturated carbocycles. The van der Waals surface area contributed by atoms with Gasteiger partial charge < -0.3 is 5.32 Å². The van der Waals surface area contributed by atoms with Gasteiger partial charge in [0.25, 0.3) is 0 Å². The van der Waals surface area contributed by atoms with E-state index in [9.17, 15) is 8.42 Å². The zero-order valence-electron chi connectivity index (χ0n) is 7.29. The van der Waals surface area contributed by atoms with Crippen LogP contribution in [0, 0.1) is 0 Å². The molecule has 0 bridgehead atoms. The minimum atomic E-state index is -2.88. The molecular formula is C8H15NO2S. The highest BCUT2D eigenvalue weighted by molar-refractivity contribution is 7.94. The molecule has 1 unspecified atom stereocenters. The van der Waals surface area contributed by atoms with E-state index in [2.05, 4.69) is 12.2 Å². The van der Waals surface area contributed by atoms with E-state index < -0.39 is 9.84 Å². The molecule has 4 heteroatoms. The molecule has 3 nitrogen and oxygen atoms in total. The molecule has 1 rings (SSSR count). The third-order valence-corrected chi connectivity index (χ3v) is 3.26. The van der Waals surface area contributed by atoms with E-state index in [0.717, 1.165) is 19.4 Å². The lowest BCUT2D eigenvalue weighted by Crippen LogP contribution is -2.30. The van der Waals surface area contributed by atoms with E-state index in [0.29, 0.717) is 0 Å². The van der Waals surface area contributed by atoms with E-state index in [1.807, 2.05) is 0 Å². The minimum Gasteiger partial charge on any atom is -0.310 e. The van der Waals surface area contributed by atoms with Gasteiger partial charge in [-0.25, -0.2) is 8.42 Å². The van der Waals surface area contributed by atoms with Crippen LogP contribution in [0.1, 0.15) is 19.8 Å². The van der Waals surface area contributed by atoms with Gasteiger partial charge in [-0.1, -0.05) is 19.4 Å². The second-order valence-corrected chi connectivity index (χ2v) is 5.00. The molecule has 0 spiro atoms. The molecule has 1 aliphatic heterocycles. The van der Waals surface area contributed by atoms with Gasteiger partial charge in [0.1, 0.15) is 0 Å². The summed E-state index contributed by atoms with van der Waals surface area (Å²) in [6.45, 7) is 3.02. The van der Waals surface area contributed by atoms with Crippen molar-refractivity contribution in [2.45, 2.75) is 25.8 Å². The Labute approximate surface area is 73.8 Å². The Morgan fingerprint density at radius 2 is 2.33 bits per heavy atom. The van der Waals surface area contributed by atoms with Gasteiger partial charge in [0.2, 0.25) is 0 Å². The first-order valence-corrected chi connectivity index (χ1v) is 6.00. The molecule has 70 valence electrons. The first-order chi connectivity index (χ1) is 5.64. The molecule has 1 atom stereocenters. The van der Waals surface area contributed by atoms with Crippen molar-refractivity contribution < 1.29 is 8.42 Å². The lowest BCUT2D eigenvalue weighted by molar-refractivity contribution is 0.581. The fraction of sp³-hybridized carbons (Fsp3) is 0.750. The van der Waals surface area contributed by atoms with Crippen molar-refractivity contribution >= 4 is 9.84 Å². The van der Waals surface area contributed by atoms with Gasteiger partial charge in [0, 0.05) is 11.4 Å². The van der Waals surface area contributed by atoms with Crippen molar-refractivity contribution in [2.24, 2.45) is 0 Å². The first-order valence-electron chi connectivity index (χ1n) is 4.28. The average Bonchev–Trinajstić information content (AvgIpc) is 2.31. The zero-order valence-corrected chi connectivity index (χ0v) is 8.10. The van der Waals surface area contributed by atoms with Gasteiger partial charge in [-0.15, -0.1) is 0 Å². The SMILES string of the molecule is CCCCNC1C=CS(=O)(=O)C1. The Kier molecular flexibility index (Phi) is 3.29. The van der Waals surface area contributed by atoms with Gasteiger partial charge in [0.05, 0.1) is 5.75 Å². The Hall–Kier alpha value is -0.350. The van der Waals surface area contributed by atoms with Gasteiger partial charge in [0.15, 0.2) is 9.84 Å². The standard InChI is InChI=1S/C8H15NO2S/c1-2-3-5-9-8-4-6-12(10,11)7-8/h4,6,8-9H,2-3,5,7H2,1H3. The molecule has 0 aromatic rings. The summed E-state index contributed by atoms with van der Waals surface area (Å²) in [5, 5.41) is 4.47. The summed E-state index contributed by atoms with van der Waals surface area (Å²) in [7, 11) is -2.88. The Morgan fingerprint density at radius 3 is 2.83 bits per heavy atom. The Bertz CT molecular complexity index is 256. The van der Waals surface area contributed by atoms with Crippen molar-refractivity contribution in [3.8, 4) is 0 Å². The Balaban J connectivity index is 2.26. The highest BCUT2D eigenvalue weighted by atomic mass is 32.2. The van der Waals surface area contributed by atoms with Crippen LogP contribution >= 0.6 is 0 Å². The summed E-state index contributed by atoms with van der Waals surface area (Å²) in [5.74, 6) is 0.233. The molecule has 0 amide bonds. The number of unbranched alkanes of at least 4 members (excludes halogenated alkanes) is 1. The summed E-state index contributed by atoms with van der Waals surface area (Å²) in [6, 6.07) is 0.0431. The maximum Gasteiger partial charge on any atom is 0.173 e. The predicted octanol–water partition coefficient (Wildman–Crippen LogP) is 0.687. The molecule has 0 aromatic carbocycles. The second-order valence-electron chi connectivity index (χ2n) is 3.07.